The number of nitrogens with zero attached hydrogens (tertiary/aromatic N) is 3. The van der Waals surface area contributed by atoms with Crippen molar-refractivity contribution in [1.29, 1.82) is 5.26 Å². The van der Waals surface area contributed by atoms with Gasteiger partial charge in [0.15, 0.2) is 0 Å². The van der Waals surface area contributed by atoms with Gasteiger partial charge in [-0.2, -0.15) is 10.4 Å². The molecule has 1 heterocycles. The molecular formula is C14H20N4O. The molecule has 0 aromatic carbocycles. The molecule has 1 fully saturated rings. The van der Waals surface area contributed by atoms with Gasteiger partial charge in [0.05, 0.1) is 12.3 Å². The Morgan fingerprint density at radius 3 is 2.68 bits per heavy atom. The third kappa shape index (κ3) is 2.95. The second kappa shape index (κ2) is 5.87. The maximum absolute atomic E-state index is 12.6. The number of aromatic nitrogens is 2. The minimum Gasteiger partial charge on any atom is -0.340 e. The molecule has 1 aliphatic carbocycles. The smallest absolute Gasteiger partial charge is 0.243 e. The zero-order chi connectivity index (χ0) is 13.7. The summed E-state index contributed by atoms with van der Waals surface area (Å²) in [5, 5.41) is 16.1. The maximum atomic E-state index is 12.6. The van der Waals surface area contributed by atoms with Crippen LogP contribution in [0.4, 0.5) is 0 Å². The highest BCUT2D eigenvalue weighted by molar-refractivity contribution is 5.85. The molecule has 0 atom stereocenters. The van der Waals surface area contributed by atoms with Gasteiger partial charge >= 0.3 is 0 Å². The minimum atomic E-state index is -0.811. The SMILES string of the molecule is CN(Cc1cn[nH]c1)C(=O)C1(C#N)CCCCCC1. The average Bonchev–Trinajstić information content (AvgIpc) is 2.80. The van der Waals surface area contributed by atoms with E-state index in [1.165, 1.54) is 0 Å². The predicted molar refractivity (Wildman–Crippen MR) is 70.8 cm³/mol. The Bertz CT molecular complexity index is 452. The molecule has 2 rings (SSSR count). The lowest BCUT2D eigenvalue weighted by atomic mass is 9.80. The molecule has 5 nitrogen and oxygen atoms in total. The molecule has 1 aromatic heterocycles. The highest BCUT2D eigenvalue weighted by atomic mass is 16.2. The molecular weight excluding hydrogens is 240 g/mol. The Labute approximate surface area is 113 Å². The van der Waals surface area contributed by atoms with Gasteiger partial charge in [0.1, 0.15) is 5.41 Å². The van der Waals surface area contributed by atoms with Crippen molar-refractivity contribution in [3.8, 4) is 6.07 Å². The van der Waals surface area contributed by atoms with Crippen LogP contribution in [0.25, 0.3) is 0 Å². The Kier molecular flexibility index (Phi) is 4.20. The molecule has 0 aliphatic heterocycles. The van der Waals surface area contributed by atoms with Crippen molar-refractivity contribution in [2.24, 2.45) is 5.41 Å². The van der Waals surface area contributed by atoms with Gasteiger partial charge in [-0.3, -0.25) is 9.89 Å². The van der Waals surface area contributed by atoms with E-state index < -0.39 is 5.41 Å². The molecule has 0 spiro atoms. The summed E-state index contributed by atoms with van der Waals surface area (Å²) in [5.41, 5.74) is 0.146. The Hall–Kier alpha value is -1.83. The first-order chi connectivity index (χ1) is 9.18. The van der Waals surface area contributed by atoms with Gasteiger partial charge in [-0.05, 0) is 12.8 Å². The van der Waals surface area contributed by atoms with E-state index in [0.29, 0.717) is 19.4 Å². The van der Waals surface area contributed by atoms with Gasteiger partial charge in [0.2, 0.25) is 5.91 Å². The topological polar surface area (TPSA) is 72.8 Å². The first-order valence-electron chi connectivity index (χ1n) is 6.82. The number of nitriles is 1. The number of H-pyrrole nitrogens is 1. The maximum Gasteiger partial charge on any atom is 0.243 e. The van der Waals surface area contributed by atoms with Gasteiger partial charge in [-0.15, -0.1) is 0 Å². The van der Waals surface area contributed by atoms with Crippen molar-refractivity contribution in [3.05, 3.63) is 18.0 Å². The Balaban J connectivity index is 2.09. The highest BCUT2D eigenvalue weighted by Crippen LogP contribution is 2.36. The first-order valence-corrected chi connectivity index (χ1v) is 6.82. The lowest BCUT2D eigenvalue weighted by Gasteiger charge is -2.29. The fraction of sp³-hybridized carbons (Fsp3) is 0.643. The van der Waals surface area contributed by atoms with E-state index in [1.807, 2.05) is 0 Å². The second-order valence-electron chi connectivity index (χ2n) is 5.38. The van der Waals surface area contributed by atoms with Crippen LogP contribution in [0.5, 0.6) is 0 Å². The molecule has 19 heavy (non-hydrogen) atoms. The van der Waals surface area contributed by atoms with Crippen molar-refractivity contribution >= 4 is 5.91 Å². The van der Waals surface area contributed by atoms with Crippen LogP contribution in [-0.4, -0.2) is 28.1 Å². The molecule has 0 radical (unpaired) electrons. The quantitative estimate of drug-likeness (QED) is 0.847. The van der Waals surface area contributed by atoms with Gasteiger partial charge in [0, 0.05) is 25.4 Å². The number of hydrogen-bond acceptors (Lipinski definition) is 3. The summed E-state index contributed by atoms with van der Waals surface area (Å²) in [6.07, 6.45) is 9.06. The van der Waals surface area contributed by atoms with Crippen LogP contribution in [0.3, 0.4) is 0 Å². The van der Waals surface area contributed by atoms with Crippen molar-refractivity contribution in [1.82, 2.24) is 15.1 Å². The van der Waals surface area contributed by atoms with E-state index in [1.54, 1.807) is 24.3 Å². The number of amides is 1. The average molecular weight is 260 g/mol. The monoisotopic (exact) mass is 260 g/mol. The standard InChI is InChI=1S/C14H20N4O/c1-18(10-12-8-16-17-9-12)13(19)14(11-15)6-4-2-3-5-7-14/h8-9H,2-7,10H2,1H3,(H,16,17). The fourth-order valence-electron chi connectivity index (χ4n) is 2.78. The molecule has 1 aromatic rings. The van der Waals surface area contributed by atoms with E-state index in [2.05, 4.69) is 16.3 Å². The van der Waals surface area contributed by atoms with E-state index in [4.69, 9.17) is 0 Å². The zero-order valence-electron chi connectivity index (χ0n) is 11.4. The van der Waals surface area contributed by atoms with Crippen LogP contribution in [0.1, 0.15) is 44.1 Å². The van der Waals surface area contributed by atoms with Gasteiger partial charge in [-0.1, -0.05) is 25.7 Å². The zero-order valence-corrected chi connectivity index (χ0v) is 11.4. The van der Waals surface area contributed by atoms with E-state index in [0.717, 1.165) is 31.2 Å². The van der Waals surface area contributed by atoms with Gasteiger partial charge in [0.25, 0.3) is 0 Å². The van der Waals surface area contributed by atoms with E-state index >= 15 is 0 Å². The molecule has 5 heteroatoms. The predicted octanol–water partition coefficient (Wildman–Crippen LogP) is 2.23. The summed E-state index contributed by atoms with van der Waals surface area (Å²) >= 11 is 0. The molecule has 1 aliphatic rings. The number of aromatic amines is 1. The second-order valence-corrected chi connectivity index (χ2v) is 5.38. The number of hydrogen-bond donors (Lipinski definition) is 1. The van der Waals surface area contributed by atoms with Crippen molar-refractivity contribution < 1.29 is 4.79 Å². The van der Waals surface area contributed by atoms with Gasteiger partial charge < -0.3 is 4.90 Å². The van der Waals surface area contributed by atoms with Crippen LogP contribution in [0, 0.1) is 16.7 Å². The fourth-order valence-corrected chi connectivity index (χ4v) is 2.78. The Morgan fingerprint density at radius 2 is 2.16 bits per heavy atom. The largest absolute Gasteiger partial charge is 0.340 e. The number of rotatable bonds is 3. The van der Waals surface area contributed by atoms with Crippen molar-refractivity contribution in [3.63, 3.8) is 0 Å². The molecule has 1 saturated carbocycles. The van der Waals surface area contributed by atoms with Crippen molar-refractivity contribution in [2.75, 3.05) is 7.05 Å². The molecule has 0 unspecified atom stereocenters. The van der Waals surface area contributed by atoms with Crippen LogP contribution in [0.15, 0.2) is 12.4 Å². The molecule has 1 amide bonds. The highest BCUT2D eigenvalue weighted by Gasteiger charge is 2.40. The lowest BCUT2D eigenvalue weighted by Crippen LogP contribution is -2.40. The number of carbonyl (C=O) groups is 1. The molecule has 1 N–H and O–H groups in total. The first kappa shape index (κ1) is 13.6. The Morgan fingerprint density at radius 1 is 1.47 bits per heavy atom. The summed E-state index contributed by atoms with van der Waals surface area (Å²) in [4.78, 5) is 14.3. The summed E-state index contributed by atoms with van der Waals surface area (Å²) in [6, 6.07) is 2.30. The lowest BCUT2D eigenvalue weighted by molar-refractivity contribution is -0.138. The summed E-state index contributed by atoms with van der Waals surface area (Å²) in [7, 11) is 1.76. The van der Waals surface area contributed by atoms with Crippen LogP contribution < -0.4 is 0 Å². The van der Waals surface area contributed by atoms with E-state index in [9.17, 15) is 10.1 Å². The third-order valence-corrected chi connectivity index (χ3v) is 3.90. The van der Waals surface area contributed by atoms with E-state index in [-0.39, 0.29) is 5.91 Å². The molecule has 0 bridgehead atoms. The summed E-state index contributed by atoms with van der Waals surface area (Å²) in [5.74, 6) is -0.0434. The molecule has 0 saturated heterocycles. The normalized spacial score (nSPS) is 18.3. The van der Waals surface area contributed by atoms with Crippen LogP contribution in [0.2, 0.25) is 0 Å². The number of carbonyl (C=O) groups excluding carboxylic acids is 1. The van der Waals surface area contributed by atoms with Crippen molar-refractivity contribution in [2.45, 2.75) is 45.1 Å². The number of nitrogens with one attached hydrogen (secondary N) is 1. The summed E-state index contributed by atoms with van der Waals surface area (Å²) < 4.78 is 0. The minimum absolute atomic E-state index is 0.0434. The van der Waals surface area contributed by atoms with Crippen LogP contribution >= 0.6 is 0 Å². The third-order valence-electron chi connectivity index (χ3n) is 3.90. The molecule has 102 valence electrons. The van der Waals surface area contributed by atoms with Crippen LogP contribution in [-0.2, 0) is 11.3 Å². The van der Waals surface area contributed by atoms with Gasteiger partial charge in [-0.25, -0.2) is 0 Å². The summed E-state index contributed by atoms with van der Waals surface area (Å²) in [6.45, 7) is 0.499.